The zero-order valence-corrected chi connectivity index (χ0v) is 22.9. The second-order valence-corrected chi connectivity index (χ2v) is 9.05. The first kappa shape index (κ1) is 29.7. The number of aryl methyl sites for hydroxylation is 1. The van der Waals surface area contributed by atoms with Crippen LogP contribution < -0.4 is 25.8 Å². The van der Waals surface area contributed by atoms with Crippen molar-refractivity contribution in [1.29, 1.82) is 0 Å². The maximum absolute atomic E-state index is 11.5. The lowest BCUT2D eigenvalue weighted by molar-refractivity contribution is -0.109. The van der Waals surface area contributed by atoms with E-state index >= 15 is 0 Å². The highest BCUT2D eigenvalue weighted by Crippen LogP contribution is 2.28. The van der Waals surface area contributed by atoms with Gasteiger partial charge in [-0.3, -0.25) is 19.5 Å². The fourth-order valence-corrected chi connectivity index (χ4v) is 3.77. The van der Waals surface area contributed by atoms with Gasteiger partial charge >= 0.3 is 0 Å². The van der Waals surface area contributed by atoms with Crippen molar-refractivity contribution in [3.05, 3.63) is 76.6 Å². The summed E-state index contributed by atoms with van der Waals surface area (Å²) in [5, 5.41) is 5.78. The molecule has 1 fully saturated rings. The minimum absolute atomic E-state index is 0.268. The number of hydrogen-bond acceptors (Lipinski definition) is 8. The molecule has 0 radical (unpaired) electrons. The number of morpholine rings is 1. The maximum atomic E-state index is 11.5. The SMILES string of the molecule is CNC(=O)c1cc(Oc2ccc(CNC=O)cc2)ccn1.Cc1cc(N)c(OCCN2CCOCC2)cc1Cl. The summed E-state index contributed by atoms with van der Waals surface area (Å²) in [5.74, 6) is 1.57. The van der Waals surface area contributed by atoms with Crippen molar-refractivity contribution >= 4 is 29.6 Å². The first-order valence-corrected chi connectivity index (χ1v) is 12.9. The Morgan fingerprint density at radius 1 is 1.15 bits per heavy atom. The third-order valence-electron chi connectivity index (χ3n) is 5.80. The van der Waals surface area contributed by atoms with Gasteiger partial charge in [0.05, 0.1) is 18.9 Å². The number of nitrogens with one attached hydrogen (secondary N) is 2. The van der Waals surface area contributed by atoms with Gasteiger partial charge in [0.25, 0.3) is 5.91 Å². The lowest BCUT2D eigenvalue weighted by atomic mass is 10.2. The average Bonchev–Trinajstić information content (AvgIpc) is 2.96. The molecule has 1 saturated heterocycles. The Labute approximate surface area is 233 Å². The summed E-state index contributed by atoms with van der Waals surface area (Å²) < 4.78 is 16.6. The van der Waals surface area contributed by atoms with E-state index in [2.05, 4.69) is 20.5 Å². The Bertz CT molecular complexity index is 1220. The normalized spacial score (nSPS) is 13.0. The minimum atomic E-state index is -0.268. The summed E-state index contributed by atoms with van der Waals surface area (Å²) in [4.78, 5) is 28.0. The Balaban J connectivity index is 0.000000218. The molecular weight excluding hydrogens is 522 g/mol. The minimum Gasteiger partial charge on any atom is -0.490 e. The van der Waals surface area contributed by atoms with Gasteiger partial charge in [-0.1, -0.05) is 23.7 Å². The van der Waals surface area contributed by atoms with Crippen LogP contribution in [0.2, 0.25) is 5.02 Å². The number of ether oxygens (including phenoxy) is 3. The third-order valence-corrected chi connectivity index (χ3v) is 6.21. The van der Waals surface area contributed by atoms with Crippen LogP contribution in [-0.2, 0) is 16.1 Å². The van der Waals surface area contributed by atoms with E-state index in [1.54, 1.807) is 37.4 Å². The quantitative estimate of drug-likeness (QED) is 0.256. The molecule has 0 unspecified atom stereocenters. The van der Waals surface area contributed by atoms with E-state index < -0.39 is 0 Å². The number of hydrogen-bond donors (Lipinski definition) is 3. The van der Waals surface area contributed by atoms with Gasteiger partial charge in [0.1, 0.15) is 29.5 Å². The molecule has 2 amide bonds. The largest absolute Gasteiger partial charge is 0.490 e. The zero-order chi connectivity index (χ0) is 28.0. The van der Waals surface area contributed by atoms with E-state index in [-0.39, 0.29) is 5.91 Å². The van der Waals surface area contributed by atoms with Crippen LogP contribution in [0.4, 0.5) is 5.69 Å². The molecule has 0 spiro atoms. The zero-order valence-electron chi connectivity index (χ0n) is 22.1. The summed E-state index contributed by atoms with van der Waals surface area (Å²) in [5.41, 5.74) is 8.76. The third kappa shape index (κ3) is 9.75. The van der Waals surface area contributed by atoms with Crippen LogP contribution in [0, 0.1) is 6.92 Å². The van der Waals surface area contributed by atoms with Crippen molar-refractivity contribution < 1.29 is 23.8 Å². The first-order valence-electron chi connectivity index (χ1n) is 12.5. The Morgan fingerprint density at radius 3 is 2.59 bits per heavy atom. The summed E-state index contributed by atoms with van der Waals surface area (Å²) in [6.07, 6.45) is 2.17. The molecule has 1 aliphatic rings. The molecule has 10 nitrogen and oxygen atoms in total. The van der Waals surface area contributed by atoms with Gasteiger partial charge in [0, 0.05) is 56.6 Å². The van der Waals surface area contributed by atoms with Crippen molar-refractivity contribution in [3.8, 4) is 17.2 Å². The van der Waals surface area contributed by atoms with Crippen LogP contribution in [0.3, 0.4) is 0 Å². The number of nitrogens with zero attached hydrogens (tertiary/aromatic N) is 2. The molecular formula is C28H34ClN5O5. The Morgan fingerprint density at radius 2 is 1.90 bits per heavy atom. The first-order chi connectivity index (χ1) is 18.9. The maximum Gasteiger partial charge on any atom is 0.269 e. The highest BCUT2D eigenvalue weighted by atomic mass is 35.5. The fourth-order valence-electron chi connectivity index (χ4n) is 3.62. The van der Waals surface area contributed by atoms with Gasteiger partial charge in [-0.15, -0.1) is 0 Å². The number of benzene rings is 2. The summed E-state index contributed by atoms with van der Waals surface area (Å²) in [7, 11) is 1.55. The van der Waals surface area contributed by atoms with E-state index in [0.29, 0.717) is 53.2 Å². The lowest BCUT2D eigenvalue weighted by Gasteiger charge is -2.26. The summed E-state index contributed by atoms with van der Waals surface area (Å²) in [6.45, 7) is 7.44. The number of anilines is 1. The van der Waals surface area contributed by atoms with Gasteiger partial charge in [-0.25, -0.2) is 0 Å². The predicted octanol–water partition coefficient (Wildman–Crippen LogP) is 3.42. The molecule has 2 heterocycles. The number of carbonyl (C=O) groups excluding carboxylic acids is 2. The van der Waals surface area contributed by atoms with Crippen LogP contribution in [0.25, 0.3) is 0 Å². The van der Waals surface area contributed by atoms with E-state index in [9.17, 15) is 9.59 Å². The molecule has 208 valence electrons. The number of pyridine rings is 1. The molecule has 0 aliphatic carbocycles. The number of aromatic nitrogens is 1. The van der Waals surface area contributed by atoms with Crippen LogP contribution >= 0.6 is 11.6 Å². The van der Waals surface area contributed by atoms with Gasteiger partial charge in [-0.2, -0.15) is 0 Å². The number of carbonyl (C=O) groups is 2. The molecule has 1 aromatic heterocycles. The van der Waals surface area contributed by atoms with E-state index in [4.69, 9.17) is 31.5 Å². The second-order valence-electron chi connectivity index (χ2n) is 8.64. The molecule has 4 rings (SSSR count). The van der Waals surface area contributed by atoms with Crippen molar-refractivity contribution in [1.82, 2.24) is 20.5 Å². The van der Waals surface area contributed by atoms with Gasteiger partial charge in [0.15, 0.2) is 0 Å². The van der Waals surface area contributed by atoms with Crippen LogP contribution in [-0.4, -0.2) is 68.7 Å². The Kier molecular flexibility index (Phi) is 11.8. The average molecular weight is 556 g/mol. The van der Waals surface area contributed by atoms with Gasteiger partial charge < -0.3 is 30.6 Å². The number of nitrogens with two attached hydrogens (primary N) is 1. The van der Waals surface area contributed by atoms with Crippen molar-refractivity contribution in [3.63, 3.8) is 0 Å². The lowest BCUT2D eigenvalue weighted by Crippen LogP contribution is -2.38. The topological polar surface area (TPSA) is 128 Å². The van der Waals surface area contributed by atoms with E-state index in [1.165, 1.54) is 6.20 Å². The van der Waals surface area contributed by atoms with Crippen LogP contribution in [0.5, 0.6) is 17.2 Å². The number of nitrogen functional groups attached to an aromatic ring is 1. The van der Waals surface area contributed by atoms with Gasteiger partial charge in [-0.05, 0) is 42.3 Å². The Hall–Kier alpha value is -3.86. The molecule has 11 heteroatoms. The fraction of sp³-hybridized carbons (Fsp3) is 0.321. The van der Waals surface area contributed by atoms with Crippen molar-refractivity contribution in [2.45, 2.75) is 13.5 Å². The molecule has 39 heavy (non-hydrogen) atoms. The van der Waals surface area contributed by atoms with Crippen LogP contribution in [0.1, 0.15) is 21.6 Å². The van der Waals surface area contributed by atoms with Gasteiger partial charge in [0.2, 0.25) is 6.41 Å². The van der Waals surface area contributed by atoms with E-state index in [0.717, 1.165) is 44.0 Å². The smallest absolute Gasteiger partial charge is 0.269 e. The molecule has 0 atom stereocenters. The number of amides is 2. The molecule has 2 aromatic carbocycles. The van der Waals surface area contributed by atoms with E-state index in [1.807, 2.05) is 25.1 Å². The highest BCUT2D eigenvalue weighted by molar-refractivity contribution is 6.31. The number of halogens is 1. The molecule has 4 N–H and O–H groups in total. The standard InChI is InChI=1S/C15H15N3O3.C13H19ClN2O2/c1-16-15(20)14-8-13(6-7-18-14)21-12-4-2-11(3-5-12)9-17-10-19;1-10-8-12(15)13(9-11(10)14)18-7-4-16-2-5-17-6-3-16/h2-8,10H,9H2,1H3,(H,16,20)(H,17,19);8-9H,2-7,15H2,1H3. The second kappa shape index (κ2) is 15.5. The number of rotatable bonds is 10. The monoisotopic (exact) mass is 555 g/mol. The van der Waals surface area contributed by atoms with Crippen molar-refractivity contribution in [2.24, 2.45) is 0 Å². The summed E-state index contributed by atoms with van der Waals surface area (Å²) >= 11 is 6.05. The van der Waals surface area contributed by atoms with Crippen molar-refractivity contribution in [2.75, 3.05) is 52.2 Å². The van der Waals surface area contributed by atoms with Crippen LogP contribution in [0.15, 0.2) is 54.7 Å². The summed E-state index contributed by atoms with van der Waals surface area (Å²) in [6, 6.07) is 14.2. The predicted molar refractivity (Wildman–Crippen MR) is 150 cm³/mol. The molecule has 0 saturated carbocycles. The highest BCUT2D eigenvalue weighted by Gasteiger charge is 2.11. The molecule has 3 aromatic rings. The molecule has 1 aliphatic heterocycles. The molecule has 0 bridgehead atoms.